The molecule has 1 aromatic heterocycles. The number of nitrogens with zero attached hydrogens (tertiary/aromatic N) is 3. The van der Waals surface area contributed by atoms with Crippen LogP contribution in [0, 0.1) is 26.7 Å². The molecule has 2 heterocycles. The van der Waals surface area contributed by atoms with E-state index < -0.39 is 0 Å². The molecular weight excluding hydrogens is 456 g/mol. The minimum Gasteiger partial charge on any atom is -0.338 e. The third-order valence-corrected chi connectivity index (χ3v) is 6.29. The van der Waals surface area contributed by atoms with Crippen molar-refractivity contribution in [2.24, 2.45) is 5.92 Å². The Morgan fingerprint density at radius 2 is 1.87 bits per heavy atom. The van der Waals surface area contributed by atoms with E-state index in [9.17, 15) is 4.79 Å². The number of carbonyl (C=O) groups is 1. The van der Waals surface area contributed by atoms with Crippen LogP contribution in [0.1, 0.15) is 35.4 Å². The summed E-state index contributed by atoms with van der Waals surface area (Å²) in [6.07, 6.45) is 1.64. The standard InChI is InChI=1S/C24H27BrN4O2/c1-15-11-16(2)22(17(3)12-15)27-24(30)18-7-9-29(10-8-18)14-21-26-23(28-31-21)19-5-4-6-20(25)13-19/h4-6,11-13,18H,7-10,14H2,1-3H3,(H,27,30). The minimum absolute atomic E-state index is 0.0243. The molecule has 0 radical (unpaired) electrons. The molecule has 0 saturated carbocycles. The van der Waals surface area contributed by atoms with Gasteiger partial charge in [-0.3, -0.25) is 9.69 Å². The summed E-state index contributed by atoms with van der Waals surface area (Å²) in [5, 5.41) is 7.27. The van der Waals surface area contributed by atoms with Crippen LogP contribution in [0.25, 0.3) is 11.4 Å². The van der Waals surface area contributed by atoms with Gasteiger partial charge in [-0.05, 0) is 70.0 Å². The summed E-state index contributed by atoms with van der Waals surface area (Å²) >= 11 is 3.47. The number of rotatable bonds is 5. The first-order valence-electron chi connectivity index (χ1n) is 10.6. The Hall–Kier alpha value is -2.51. The van der Waals surface area contributed by atoms with Gasteiger partial charge in [0.05, 0.1) is 6.54 Å². The molecule has 0 unspecified atom stereocenters. The molecule has 1 amide bonds. The van der Waals surface area contributed by atoms with Crippen molar-refractivity contribution in [1.82, 2.24) is 15.0 Å². The highest BCUT2D eigenvalue weighted by molar-refractivity contribution is 9.10. The van der Waals surface area contributed by atoms with Crippen LogP contribution in [-0.2, 0) is 11.3 Å². The van der Waals surface area contributed by atoms with E-state index >= 15 is 0 Å². The second-order valence-corrected chi connectivity index (χ2v) is 9.25. The third kappa shape index (κ3) is 5.22. The molecule has 31 heavy (non-hydrogen) atoms. The quantitative estimate of drug-likeness (QED) is 0.535. The Kier molecular flexibility index (Phi) is 6.53. The molecule has 0 atom stereocenters. The number of likely N-dealkylation sites (tertiary alicyclic amines) is 1. The average Bonchev–Trinajstić information content (AvgIpc) is 3.19. The first-order chi connectivity index (χ1) is 14.9. The molecule has 1 N–H and O–H groups in total. The van der Waals surface area contributed by atoms with Gasteiger partial charge in [-0.2, -0.15) is 4.98 Å². The zero-order valence-corrected chi connectivity index (χ0v) is 19.7. The van der Waals surface area contributed by atoms with Gasteiger partial charge < -0.3 is 9.84 Å². The number of benzene rings is 2. The predicted molar refractivity (Wildman–Crippen MR) is 125 cm³/mol. The van der Waals surface area contributed by atoms with Crippen molar-refractivity contribution < 1.29 is 9.32 Å². The maximum atomic E-state index is 12.8. The zero-order valence-electron chi connectivity index (χ0n) is 18.1. The maximum Gasteiger partial charge on any atom is 0.241 e. The van der Waals surface area contributed by atoms with Gasteiger partial charge in [-0.1, -0.05) is 50.9 Å². The van der Waals surface area contributed by atoms with Gasteiger partial charge >= 0.3 is 0 Å². The molecule has 0 spiro atoms. The molecule has 1 aliphatic heterocycles. The van der Waals surface area contributed by atoms with Crippen molar-refractivity contribution in [2.75, 3.05) is 18.4 Å². The van der Waals surface area contributed by atoms with E-state index in [4.69, 9.17) is 4.52 Å². The highest BCUT2D eigenvalue weighted by atomic mass is 79.9. The number of anilines is 1. The van der Waals surface area contributed by atoms with Gasteiger partial charge in [-0.25, -0.2) is 0 Å². The van der Waals surface area contributed by atoms with Crippen molar-refractivity contribution in [3.05, 3.63) is 63.5 Å². The normalized spacial score (nSPS) is 15.2. The Morgan fingerprint density at radius 3 is 2.55 bits per heavy atom. The van der Waals surface area contributed by atoms with Gasteiger partial charge in [-0.15, -0.1) is 0 Å². The molecule has 0 bridgehead atoms. The molecule has 162 valence electrons. The number of amides is 1. The number of aromatic nitrogens is 2. The van der Waals surface area contributed by atoms with Gasteiger partial charge in [0, 0.05) is 21.6 Å². The number of halogens is 1. The summed E-state index contributed by atoms with van der Waals surface area (Å²) in [4.78, 5) is 19.6. The summed E-state index contributed by atoms with van der Waals surface area (Å²) in [5.41, 5.74) is 5.30. The van der Waals surface area contributed by atoms with E-state index in [1.165, 1.54) is 5.56 Å². The SMILES string of the molecule is Cc1cc(C)c(NC(=O)C2CCN(Cc3nc(-c4cccc(Br)c4)no3)CC2)c(C)c1. The van der Waals surface area contributed by atoms with E-state index in [1.807, 2.05) is 38.1 Å². The largest absolute Gasteiger partial charge is 0.338 e. The fourth-order valence-electron chi connectivity index (χ4n) is 4.21. The predicted octanol–water partition coefficient (Wildman–Crippen LogP) is 5.28. The van der Waals surface area contributed by atoms with Gasteiger partial charge in [0.25, 0.3) is 0 Å². The van der Waals surface area contributed by atoms with Gasteiger partial charge in [0.1, 0.15) is 0 Å². The molecule has 3 aromatic rings. The van der Waals surface area contributed by atoms with Crippen LogP contribution in [0.3, 0.4) is 0 Å². The molecule has 4 rings (SSSR count). The smallest absolute Gasteiger partial charge is 0.241 e. The fourth-order valence-corrected chi connectivity index (χ4v) is 4.61. The molecule has 7 heteroatoms. The molecule has 6 nitrogen and oxygen atoms in total. The summed E-state index contributed by atoms with van der Waals surface area (Å²) in [6.45, 7) is 8.44. The van der Waals surface area contributed by atoms with E-state index in [-0.39, 0.29) is 11.8 Å². The number of nitrogens with one attached hydrogen (secondary N) is 1. The van der Waals surface area contributed by atoms with Crippen LogP contribution in [0.15, 0.2) is 45.4 Å². The van der Waals surface area contributed by atoms with Crippen molar-refractivity contribution in [3.8, 4) is 11.4 Å². The highest BCUT2D eigenvalue weighted by Crippen LogP contribution is 2.26. The number of carbonyl (C=O) groups excluding carboxylic acids is 1. The lowest BCUT2D eigenvalue weighted by Crippen LogP contribution is -2.38. The number of piperidine rings is 1. The van der Waals surface area contributed by atoms with Crippen LogP contribution in [0.5, 0.6) is 0 Å². The summed E-state index contributed by atoms with van der Waals surface area (Å²) in [6, 6.07) is 12.1. The van der Waals surface area contributed by atoms with Gasteiger partial charge in [0.2, 0.25) is 17.6 Å². The molecular formula is C24H27BrN4O2. The maximum absolute atomic E-state index is 12.8. The molecule has 1 aliphatic rings. The monoisotopic (exact) mass is 482 g/mol. The van der Waals surface area contributed by atoms with Crippen LogP contribution in [0.4, 0.5) is 5.69 Å². The molecule has 1 saturated heterocycles. The van der Waals surface area contributed by atoms with Crippen molar-refractivity contribution in [2.45, 2.75) is 40.2 Å². The van der Waals surface area contributed by atoms with E-state index in [1.54, 1.807) is 0 Å². The number of aryl methyl sites for hydroxylation is 3. The second kappa shape index (κ2) is 9.32. The Bertz CT molecular complexity index is 1060. The first kappa shape index (κ1) is 21.7. The molecule has 1 fully saturated rings. The van der Waals surface area contributed by atoms with E-state index in [0.29, 0.717) is 18.3 Å². The summed E-state index contributed by atoms with van der Waals surface area (Å²) in [7, 11) is 0. The molecule has 0 aliphatic carbocycles. The summed E-state index contributed by atoms with van der Waals surface area (Å²) in [5.74, 6) is 1.33. The number of hydrogen-bond donors (Lipinski definition) is 1. The van der Waals surface area contributed by atoms with Crippen LogP contribution in [0.2, 0.25) is 0 Å². The topological polar surface area (TPSA) is 71.3 Å². The Labute approximate surface area is 191 Å². The van der Waals surface area contributed by atoms with E-state index in [0.717, 1.165) is 52.8 Å². The Morgan fingerprint density at radius 1 is 1.16 bits per heavy atom. The van der Waals surface area contributed by atoms with Crippen molar-refractivity contribution in [1.29, 1.82) is 0 Å². The van der Waals surface area contributed by atoms with E-state index in [2.05, 4.69) is 55.3 Å². The second-order valence-electron chi connectivity index (χ2n) is 8.34. The zero-order chi connectivity index (χ0) is 22.0. The van der Waals surface area contributed by atoms with Crippen LogP contribution in [-0.4, -0.2) is 34.0 Å². The van der Waals surface area contributed by atoms with Gasteiger partial charge in [0.15, 0.2) is 0 Å². The Balaban J connectivity index is 1.32. The summed E-state index contributed by atoms with van der Waals surface area (Å²) < 4.78 is 6.43. The third-order valence-electron chi connectivity index (χ3n) is 5.79. The fraction of sp³-hybridized carbons (Fsp3) is 0.375. The number of hydrogen-bond acceptors (Lipinski definition) is 5. The first-order valence-corrected chi connectivity index (χ1v) is 11.4. The average molecular weight is 483 g/mol. The van der Waals surface area contributed by atoms with Crippen molar-refractivity contribution in [3.63, 3.8) is 0 Å². The van der Waals surface area contributed by atoms with Crippen LogP contribution < -0.4 is 5.32 Å². The lowest BCUT2D eigenvalue weighted by atomic mass is 9.95. The molecule has 2 aromatic carbocycles. The lowest BCUT2D eigenvalue weighted by molar-refractivity contribution is -0.121. The van der Waals surface area contributed by atoms with Crippen molar-refractivity contribution >= 4 is 27.5 Å². The minimum atomic E-state index is 0.0243. The van der Waals surface area contributed by atoms with Crippen LogP contribution >= 0.6 is 15.9 Å². The lowest BCUT2D eigenvalue weighted by Gasteiger charge is -2.30. The highest BCUT2D eigenvalue weighted by Gasteiger charge is 2.26.